The van der Waals surface area contributed by atoms with Crippen LogP contribution < -0.4 is 10.1 Å². The molecule has 8 nitrogen and oxygen atoms in total. The lowest BCUT2D eigenvalue weighted by Gasteiger charge is -2.34. The zero-order valence-corrected chi connectivity index (χ0v) is 20.1. The van der Waals surface area contributed by atoms with Crippen molar-refractivity contribution in [2.24, 2.45) is 0 Å². The molecule has 0 saturated carbocycles. The van der Waals surface area contributed by atoms with Crippen molar-refractivity contribution in [1.29, 1.82) is 0 Å². The second-order valence-electron chi connectivity index (χ2n) is 9.82. The molecule has 4 atom stereocenters. The lowest BCUT2D eigenvalue weighted by Crippen LogP contribution is -2.54. The van der Waals surface area contributed by atoms with Crippen molar-refractivity contribution in [2.45, 2.75) is 37.3 Å². The number of benzene rings is 1. The molecular formula is C25H24F4N6O2. The Hall–Kier alpha value is -3.35. The van der Waals surface area contributed by atoms with Crippen LogP contribution in [0.2, 0.25) is 0 Å². The molecule has 194 valence electrons. The summed E-state index contributed by atoms with van der Waals surface area (Å²) in [5.41, 5.74) is 0.483. The number of hydrogen-bond donors (Lipinski definition) is 1. The summed E-state index contributed by atoms with van der Waals surface area (Å²) in [6.07, 6.45) is -3.42. The fraction of sp³-hybridized carbons (Fsp3) is 0.400. The van der Waals surface area contributed by atoms with E-state index in [1.807, 2.05) is 6.92 Å². The number of hydrogen-bond acceptors (Lipinski definition) is 7. The Balaban J connectivity index is 1.60. The van der Waals surface area contributed by atoms with Gasteiger partial charge in [-0.05, 0) is 37.1 Å². The maximum absolute atomic E-state index is 14.5. The van der Waals surface area contributed by atoms with Gasteiger partial charge in [0, 0.05) is 43.4 Å². The second kappa shape index (κ2) is 8.61. The van der Waals surface area contributed by atoms with Crippen LogP contribution in [0, 0.1) is 5.82 Å². The molecule has 0 radical (unpaired) electrons. The molecule has 1 unspecified atom stereocenters. The van der Waals surface area contributed by atoms with E-state index in [9.17, 15) is 17.6 Å². The molecule has 5 heterocycles. The van der Waals surface area contributed by atoms with Gasteiger partial charge >= 0.3 is 6.18 Å². The van der Waals surface area contributed by atoms with Gasteiger partial charge < -0.3 is 9.47 Å². The van der Waals surface area contributed by atoms with Gasteiger partial charge in [-0.25, -0.2) is 9.37 Å². The Bertz CT molecular complexity index is 1490. The summed E-state index contributed by atoms with van der Waals surface area (Å²) < 4.78 is 71.0. The lowest BCUT2D eigenvalue weighted by atomic mass is 10.0. The van der Waals surface area contributed by atoms with Gasteiger partial charge in [0.1, 0.15) is 23.1 Å². The van der Waals surface area contributed by atoms with Crippen molar-refractivity contribution < 1.29 is 27.0 Å². The summed E-state index contributed by atoms with van der Waals surface area (Å²) in [6, 6.07) is 7.02. The molecule has 3 aromatic heterocycles. The Kier molecular flexibility index (Phi) is 5.58. The standard InChI is InChI=1S/C25H24F4N6O2/c1-24-7-8-34(13-24)22(25(27,28)29)15-4-6-19-32-33-23(35(19)11-15)17-5-3-14-9-16(26)10-18(21(14)30-17)37-20(31-24)12-36-2/h3-6,9-11,20,22,31H,7-8,12-13H2,1-2H3/t20-,22-,24-/m0/s1. The number of fused-ring (bicyclic) bond motifs is 5. The molecule has 6 rings (SSSR count). The minimum absolute atomic E-state index is 0.0772. The van der Waals surface area contributed by atoms with Crippen molar-refractivity contribution in [3.8, 4) is 17.3 Å². The van der Waals surface area contributed by atoms with Crippen molar-refractivity contribution in [3.05, 3.63) is 54.0 Å². The van der Waals surface area contributed by atoms with Crippen molar-refractivity contribution in [1.82, 2.24) is 29.8 Å². The molecule has 1 aromatic carbocycles. The number of nitrogens with one attached hydrogen (secondary N) is 1. The monoisotopic (exact) mass is 516 g/mol. The van der Waals surface area contributed by atoms with Crippen LogP contribution in [0.4, 0.5) is 17.6 Å². The normalized spacial score (nSPS) is 25.9. The summed E-state index contributed by atoms with van der Waals surface area (Å²) >= 11 is 0. The quantitative estimate of drug-likeness (QED) is 0.402. The van der Waals surface area contributed by atoms with Gasteiger partial charge in [-0.2, -0.15) is 13.2 Å². The number of nitrogens with zero attached hydrogens (tertiary/aromatic N) is 5. The first kappa shape index (κ1) is 24.0. The maximum atomic E-state index is 14.5. The van der Waals surface area contributed by atoms with E-state index in [2.05, 4.69) is 20.5 Å². The number of aromatic nitrogens is 4. The molecule has 2 aliphatic heterocycles. The Morgan fingerprint density at radius 3 is 2.81 bits per heavy atom. The minimum Gasteiger partial charge on any atom is -0.470 e. The summed E-state index contributed by atoms with van der Waals surface area (Å²) in [4.78, 5) is 6.09. The highest BCUT2D eigenvalue weighted by Crippen LogP contribution is 2.41. The Morgan fingerprint density at radius 2 is 2.03 bits per heavy atom. The summed E-state index contributed by atoms with van der Waals surface area (Å²) in [6.45, 7) is 2.26. The number of halogens is 4. The molecule has 1 saturated heterocycles. The van der Waals surface area contributed by atoms with Crippen LogP contribution in [0.3, 0.4) is 0 Å². The molecule has 0 aliphatic carbocycles. The molecule has 37 heavy (non-hydrogen) atoms. The molecule has 1 N–H and O–H groups in total. The van der Waals surface area contributed by atoms with Gasteiger partial charge in [0.15, 0.2) is 23.4 Å². The van der Waals surface area contributed by atoms with Crippen molar-refractivity contribution in [2.75, 3.05) is 26.8 Å². The zero-order valence-electron chi connectivity index (χ0n) is 20.1. The summed E-state index contributed by atoms with van der Waals surface area (Å²) in [5, 5.41) is 12.1. The predicted octanol–water partition coefficient (Wildman–Crippen LogP) is 4.11. The van der Waals surface area contributed by atoms with Gasteiger partial charge in [0.05, 0.1) is 6.61 Å². The molecule has 4 aromatic rings. The Labute approximate surface area is 209 Å². The van der Waals surface area contributed by atoms with Gasteiger partial charge in [0.25, 0.3) is 0 Å². The largest absolute Gasteiger partial charge is 0.470 e. The van der Waals surface area contributed by atoms with E-state index >= 15 is 0 Å². The van der Waals surface area contributed by atoms with Crippen LogP contribution >= 0.6 is 0 Å². The lowest BCUT2D eigenvalue weighted by molar-refractivity contribution is -0.184. The number of alkyl halides is 3. The van der Waals surface area contributed by atoms with Crippen LogP contribution in [0.1, 0.15) is 24.9 Å². The number of pyridine rings is 2. The third-order valence-corrected chi connectivity index (χ3v) is 6.97. The van der Waals surface area contributed by atoms with E-state index in [1.54, 1.807) is 12.1 Å². The fourth-order valence-electron chi connectivity index (χ4n) is 5.37. The average Bonchev–Trinajstić information content (AvgIpc) is 3.41. The third kappa shape index (κ3) is 4.28. The predicted molar refractivity (Wildman–Crippen MR) is 127 cm³/mol. The first-order valence-corrected chi connectivity index (χ1v) is 11.8. The summed E-state index contributed by atoms with van der Waals surface area (Å²) in [5.74, 6) is -0.0555. The molecule has 1 fully saturated rings. The van der Waals surface area contributed by atoms with Crippen LogP contribution in [-0.2, 0) is 4.74 Å². The number of ether oxygens (including phenoxy) is 2. The third-order valence-electron chi connectivity index (χ3n) is 6.97. The molecule has 12 heteroatoms. The molecule has 0 spiro atoms. The van der Waals surface area contributed by atoms with E-state index in [1.165, 1.54) is 46.9 Å². The summed E-state index contributed by atoms with van der Waals surface area (Å²) in [7, 11) is 1.49. The number of methoxy groups -OCH3 is 1. The highest BCUT2D eigenvalue weighted by atomic mass is 19.4. The maximum Gasteiger partial charge on any atom is 0.408 e. The van der Waals surface area contributed by atoms with Crippen LogP contribution in [0.25, 0.3) is 28.1 Å². The molecular weight excluding hydrogens is 492 g/mol. The first-order chi connectivity index (χ1) is 17.6. The van der Waals surface area contributed by atoms with Crippen LogP contribution in [-0.4, -0.2) is 69.2 Å². The highest BCUT2D eigenvalue weighted by Gasteiger charge is 2.49. The van der Waals surface area contributed by atoms with E-state index in [4.69, 9.17) is 9.47 Å². The number of rotatable bonds is 2. The smallest absolute Gasteiger partial charge is 0.408 e. The van der Waals surface area contributed by atoms with Gasteiger partial charge in [-0.1, -0.05) is 12.1 Å². The van der Waals surface area contributed by atoms with Crippen molar-refractivity contribution >= 4 is 16.6 Å². The fourth-order valence-corrected chi connectivity index (χ4v) is 5.37. The highest BCUT2D eigenvalue weighted by molar-refractivity contribution is 5.86. The van der Waals surface area contributed by atoms with Gasteiger partial charge in [-0.3, -0.25) is 14.6 Å². The Morgan fingerprint density at radius 1 is 1.19 bits per heavy atom. The van der Waals surface area contributed by atoms with E-state index < -0.39 is 29.8 Å². The molecule has 0 amide bonds. The van der Waals surface area contributed by atoms with Gasteiger partial charge in [0.2, 0.25) is 0 Å². The molecule has 6 bridgehead atoms. The van der Waals surface area contributed by atoms with Crippen LogP contribution in [0.5, 0.6) is 5.75 Å². The SMILES string of the molecule is COC[C@H]1N[C@@]2(C)CCN(C2)[C@H](C(F)(F)F)c2ccc3nnc(n3c2)-c2ccc3cc(F)cc(c3n2)O1. The topological polar surface area (TPSA) is 76.8 Å². The van der Waals surface area contributed by atoms with Crippen LogP contribution in [0.15, 0.2) is 42.6 Å². The van der Waals surface area contributed by atoms with E-state index in [-0.39, 0.29) is 36.8 Å². The minimum atomic E-state index is -4.52. The van der Waals surface area contributed by atoms with E-state index in [0.29, 0.717) is 28.7 Å². The average molecular weight is 516 g/mol. The van der Waals surface area contributed by atoms with E-state index in [0.717, 1.165) is 0 Å². The zero-order chi connectivity index (χ0) is 25.9. The van der Waals surface area contributed by atoms with Crippen molar-refractivity contribution in [3.63, 3.8) is 0 Å². The van der Waals surface area contributed by atoms with Gasteiger partial charge in [-0.15, -0.1) is 10.2 Å². The second-order valence-corrected chi connectivity index (χ2v) is 9.82. The molecule has 2 aliphatic rings. The first-order valence-electron chi connectivity index (χ1n) is 11.8.